The van der Waals surface area contributed by atoms with Gasteiger partial charge in [0.15, 0.2) is 11.8 Å². The van der Waals surface area contributed by atoms with Gasteiger partial charge in [-0.25, -0.2) is 0 Å². The highest BCUT2D eigenvalue weighted by Gasteiger charge is 2.36. The molecule has 0 spiro atoms. The molecule has 9 heteroatoms. The summed E-state index contributed by atoms with van der Waals surface area (Å²) in [4.78, 5) is 16.6. The minimum absolute atomic E-state index is 0.0364. The second kappa shape index (κ2) is 7.38. The molecule has 1 aromatic carbocycles. The van der Waals surface area contributed by atoms with Crippen LogP contribution < -0.4 is 10.1 Å². The minimum atomic E-state index is -4.61. The van der Waals surface area contributed by atoms with Crippen LogP contribution in [0.25, 0.3) is 11.0 Å². The molecule has 29 heavy (non-hydrogen) atoms. The first-order chi connectivity index (χ1) is 13.5. The summed E-state index contributed by atoms with van der Waals surface area (Å²) in [5.74, 6) is -0.787. The molecule has 0 fully saturated rings. The highest BCUT2D eigenvalue weighted by molar-refractivity contribution is 5.94. The third-order valence-corrected chi connectivity index (χ3v) is 4.56. The van der Waals surface area contributed by atoms with Crippen molar-refractivity contribution in [1.82, 2.24) is 14.8 Å². The van der Waals surface area contributed by atoms with Gasteiger partial charge in [0.1, 0.15) is 0 Å². The molecule has 2 aromatic heterocycles. The number of carbonyl (C=O) groups is 1. The van der Waals surface area contributed by atoms with Crippen LogP contribution in [-0.4, -0.2) is 26.8 Å². The number of aryl methyl sites for hydroxylation is 4. The number of halogens is 3. The zero-order valence-electron chi connectivity index (χ0n) is 16.7. The Hall–Kier alpha value is -3.10. The van der Waals surface area contributed by atoms with Crippen molar-refractivity contribution in [3.05, 3.63) is 46.6 Å². The molecular weight excluding hydrogens is 385 g/mol. The molecule has 0 aliphatic rings. The van der Waals surface area contributed by atoms with Crippen molar-refractivity contribution in [3.63, 3.8) is 0 Å². The first kappa shape index (κ1) is 20.6. The van der Waals surface area contributed by atoms with E-state index in [1.807, 2.05) is 26.0 Å². The monoisotopic (exact) mass is 406 g/mol. The number of anilines is 1. The maximum atomic E-state index is 13.5. The number of fused-ring (bicyclic) bond motifs is 1. The summed E-state index contributed by atoms with van der Waals surface area (Å²) in [6.07, 6.45) is -5.67. The molecule has 0 aliphatic carbocycles. The number of rotatable bonds is 4. The van der Waals surface area contributed by atoms with Gasteiger partial charge < -0.3 is 10.1 Å². The van der Waals surface area contributed by atoms with Gasteiger partial charge in [-0.15, -0.1) is 0 Å². The van der Waals surface area contributed by atoms with E-state index in [1.165, 1.54) is 25.6 Å². The molecule has 0 radical (unpaired) electrons. The average Bonchev–Trinajstić information content (AvgIpc) is 2.90. The van der Waals surface area contributed by atoms with Crippen LogP contribution in [0.5, 0.6) is 5.88 Å². The number of benzene rings is 1. The van der Waals surface area contributed by atoms with Crippen molar-refractivity contribution >= 4 is 22.6 Å². The number of carbonyl (C=O) groups excluding carboxylic acids is 1. The number of nitrogens with zero attached hydrogens (tertiary/aromatic N) is 3. The summed E-state index contributed by atoms with van der Waals surface area (Å²) in [5.41, 5.74) is 1.88. The van der Waals surface area contributed by atoms with Crippen LogP contribution in [0, 0.1) is 20.8 Å². The lowest BCUT2D eigenvalue weighted by molar-refractivity contribution is -0.136. The van der Waals surface area contributed by atoms with E-state index in [1.54, 1.807) is 6.07 Å². The normalized spacial score (nSPS) is 12.8. The number of hydrogen-bond donors (Lipinski definition) is 1. The summed E-state index contributed by atoms with van der Waals surface area (Å²) >= 11 is 0. The average molecular weight is 406 g/mol. The van der Waals surface area contributed by atoms with E-state index in [9.17, 15) is 18.0 Å². The summed E-state index contributed by atoms with van der Waals surface area (Å²) < 4.78 is 47.4. The number of aromatic nitrogens is 3. The maximum absolute atomic E-state index is 13.5. The second-order valence-electron chi connectivity index (χ2n) is 6.98. The fourth-order valence-electron chi connectivity index (χ4n) is 3.13. The molecule has 154 valence electrons. The van der Waals surface area contributed by atoms with Gasteiger partial charge in [0.2, 0.25) is 5.88 Å². The standard InChI is InChI=1S/C20H21F3N4O2/c1-10-6-7-15(11(2)8-10)24-19(28)13(4)29-16-9-14(20(21,22)23)17-12(3)26-27(5)18(17)25-16/h6-9,13H,1-5H3,(H,24,28). The zero-order valence-corrected chi connectivity index (χ0v) is 16.7. The number of pyridine rings is 1. The Morgan fingerprint density at radius 2 is 1.90 bits per heavy atom. The quantitative estimate of drug-likeness (QED) is 0.701. The van der Waals surface area contributed by atoms with E-state index in [2.05, 4.69) is 15.4 Å². The van der Waals surface area contributed by atoms with Crippen LogP contribution >= 0.6 is 0 Å². The second-order valence-corrected chi connectivity index (χ2v) is 6.98. The first-order valence-electron chi connectivity index (χ1n) is 8.93. The molecule has 3 aromatic rings. The Kier molecular flexibility index (Phi) is 5.25. The summed E-state index contributed by atoms with van der Waals surface area (Å²) in [6.45, 7) is 6.72. The van der Waals surface area contributed by atoms with Crippen LogP contribution in [0.2, 0.25) is 0 Å². The molecule has 6 nitrogen and oxygen atoms in total. The van der Waals surface area contributed by atoms with Gasteiger partial charge in [0.05, 0.1) is 16.6 Å². The van der Waals surface area contributed by atoms with Crippen LogP contribution in [0.1, 0.15) is 29.3 Å². The topological polar surface area (TPSA) is 69.0 Å². The number of amides is 1. The SMILES string of the molecule is Cc1ccc(NC(=O)C(C)Oc2cc(C(F)(F)F)c3c(C)nn(C)c3n2)c(C)c1. The van der Waals surface area contributed by atoms with Crippen molar-refractivity contribution in [2.45, 2.75) is 40.0 Å². The Labute approximate surface area is 165 Å². The Bertz CT molecular complexity index is 1090. The molecule has 0 aliphatic heterocycles. The van der Waals surface area contributed by atoms with Gasteiger partial charge in [-0.3, -0.25) is 9.48 Å². The van der Waals surface area contributed by atoms with Gasteiger partial charge in [-0.05, 0) is 39.3 Å². The van der Waals surface area contributed by atoms with Crippen molar-refractivity contribution < 1.29 is 22.7 Å². The van der Waals surface area contributed by atoms with Crippen molar-refractivity contribution in [2.75, 3.05) is 5.32 Å². The van der Waals surface area contributed by atoms with E-state index in [4.69, 9.17) is 4.74 Å². The fourth-order valence-corrected chi connectivity index (χ4v) is 3.13. The van der Waals surface area contributed by atoms with Crippen LogP contribution in [0.15, 0.2) is 24.3 Å². The van der Waals surface area contributed by atoms with Crippen LogP contribution in [0.3, 0.4) is 0 Å². The van der Waals surface area contributed by atoms with Crippen molar-refractivity contribution in [2.24, 2.45) is 7.05 Å². The van der Waals surface area contributed by atoms with Gasteiger partial charge in [-0.2, -0.15) is 23.3 Å². The molecule has 3 rings (SSSR count). The highest BCUT2D eigenvalue weighted by Crippen LogP contribution is 2.37. The Balaban J connectivity index is 1.89. The van der Waals surface area contributed by atoms with E-state index in [-0.39, 0.29) is 22.6 Å². The third kappa shape index (κ3) is 4.18. The molecule has 1 atom stereocenters. The highest BCUT2D eigenvalue weighted by atomic mass is 19.4. The molecule has 0 saturated carbocycles. The van der Waals surface area contributed by atoms with Gasteiger partial charge >= 0.3 is 6.18 Å². The summed E-state index contributed by atoms with van der Waals surface area (Å²) in [7, 11) is 1.50. The van der Waals surface area contributed by atoms with E-state index in [0.29, 0.717) is 5.69 Å². The van der Waals surface area contributed by atoms with Gasteiger partial charge in [0, 0.05) is 18.8 Å². The predicted molar refractivity (Wildman–Crippen MR) is 103 cm³/mol. The molecule has 0 saturated heterocycles. The molecule has 1 unspecified atom stereocenters. The van der Waals surface area contributed by atoms with E-state index in [0.717, 1.165) is 17.2 Å². The molecular formula is C20H21F3N4O2. The molecule has 1 amide bonds. The summed E-state index contributed by atoms with van der Waals surface area (Å²) in [6, 6.07) is 6.33. The van der Waals surface area contributed by atoms with Crippen LogP contribution in [0.4, 0.5) is 18.9 Å². The number of hydrogen-bond acceptors (Lipinski definition) is 4. The van der Waals surface area contributed by atoms with Gasteiger partial charge in [-0.1, -0.05) is 17.7 Å². The number of ether oxygens (including phenoxy) is 1. The lowest BCUT2D eigenvalue weighted by atomic mass is 10.1. The third-order valence-electron chi connectivity index (χ3n) is 4.56. The van der Waals surface area contributed by atoms with Gasteiger partial charge in [0.25, 0.3) is 5.91 Å². The largest absolute Gasteiger partial charge is 0.464 e. The van der Waals surface area contributed by atoms with Crippen LogP contribution in [-0.2, 0) is 18.0 Å². The predicted octanol–water partition coefficient (Wildman–Crippen LogP) is 4.32. The van der Waals surface area contributed by atoms with Crippen molar-refractivity contribution in [3.8, 4) is 5.88 Å². The van der Waals surface area contributed by atoms with Crippen molar-refractivity contribution in [1.29, 1.82) is 0 Å². The Morgan fingerprint density at radius 1 is 1.21 bits per heavy atom. The van der Waals surface area contributed by atoms with E-state index >= 15 is 0 Å². The Morgan fingerprint density at radius 3 is 2.52 bits per heavy atom. The molecule has 2 heterocycles. The molecule has 0 bridgehead atoms. The smallest absolute Gasteiger partial charge is 0.417 e. The lowest BCUT2D eigenvalue weighted by Gasteiger charge is -2.17. The van der Waals surface area contributed by atoms with E-state index < -0.39 is 23.8 Å². The zero-order chi connectivity index (χ0) is 21.5. The molecule has 1 N–H and O–H groups in total. The maximum Gasteiger partial charge on any atom is 0.417 e. The number of nitrogens with one attached hydrogen (secondary N) is 1. The lowest BCUT2D eigenvalue weighted by Crippen LogP contribution is -2.30. The fraction of sp³-hybridized carbons (Fsp3) is 0.350. The summed E-state index contributed by atoms with van der Waals surface area (Å²) in [5, 5.41) is 6.65. The minimum Gasteiger partial charge on any atom is -0.464 e. The number of alkyl halides is 3. The first-order valence-corrected chi connectivity index (χ1v) is 8.93.